The van der Waals surface area contributed by atoms with E-state index in [1.165, 1.54) is 34.4 Å². The Morgan fingerprint density at radius 2 is 2.07 bits per heavy atom. The molecule has 1 saturated heterocycles. The molecule has 0 radical (unpaired) electrons. The monoisotopic (exact) mass is 388 g/mol. The normalized spacial score (nSPS) is 16.1. The summed E-state index contributed by atoms with van der Waals surface area (Å²) in [6, 6.07) is 7.96. The summed E-state index contributed by atoms with van der Waals surface area (Å²) in [6.45, 7) is -0.0765. The van der Waals surface area contributed by atoms with Crippen molar-refractivity contribution in [3.63, 3.8) is 0 Å². The van der Waals surface area contributed by atoms with E-state index >= 15 is 0 Å². The number of ether oxygens (including phenoxy) is 1. The molecule has 2 heterocycles. The number of likely N-dealkylation sites (tertiary alicyclic amines) is 1. The van der Waals surface area contributed by atoms with Crippen LogP contribution in [-0.2, 0) is 9.53 Å². The zero-order valence-electron chi connectivity index (χ0n) is 14.2. The number of carbonyl (C=O) groups excluding carboxylic acids is 3. The molecule has 2 aromatic rings. The van der Waals surface area contributed by atoms with Crippen molar-refractivity contribution in [1.82, 2.24) is 4.90 Å². The minimum atomic E-state index is -0.725. The Morgan fingerprint density at radius 3 is 2.78 bits per heavy atom. The number of carbonyl (C=O) groups is 3. The lowest BCUT2D eigenvalue weighted by Crippen LogP contribution is -2.41. The Bertz CT molecular complexity index is 880. The Balaban J connectivity index is 1.61. The van der Waals surface area contributed by atoms with E-state index in [2.05, 4.69) is 0 Å². The van der Waals surface area contributed by atoms with Crippen LogP contribution in [0.3, 0.4) is 0 Å². The fourth-order valence-electron chi connectivity index (χ4n) is 2.91. The molecule has 0 aliphatic carbocycles. The van der Waals surface area contributed by atoms with Gasteiger partial charge in [0.05, 0.1) is 9.80 Å². The first-order chi connectivity index (χ1) is 13.0. The SMILES string of the molecule is O=C(COC(=O)C1CCCN1C(=O)c1cccs1)c1cccc([N+](=O)[O-])c1. The second-order valence-electron chi connectivity index (χ2n) is 5.97. The lowest BCUT2D eigenvalue weighted by molar-refractivity contribution is -0.384. The number of ketones is 1. The molecule has 9 heteroatoms. The van der Waals surface area contributed by atoms with Gasteiger partial charge in [0.2, 0.25) is 5.78 Å². The molecular formula is C18H16N2O6S. The van der Waals surface area contributed by atoms with E-state index in [-0.39, 0.29) is 17.2 Å². The predicted octanol–water partition coefficient (Wildman–Crippen LogP) is 2.69. The Hall–Kier alpha value is -3.07. The number of hydrogen-bond acceptors (Lipinski definition) is 7. The number of nitrogens with zero attached hydrogens (tertiary/aromatic N) is 2. The number of esters is 1. The highest BCUT2D eigenvalue weighted by atomic mass is 32.1. The number of rotatable bonds is 6. The van der Waals surface area contributed by atoms with Crippen molar-refractivity contribution in [3.8, 4) is 0 Å². The molecule has 0 N–H and O–H groups in total. The maximum atomic E-state index is 12.5. The van der Waals surface area contributed by atoms with Crippen molar-refractivity contribution in [2.24, 2.45) is 0 Å². The van der Waals surface area contributed by atoms with Gasteiger partial charge in [-0.1, -0.05) is 18.2 Å². The largest absolute Gasteiger partial charge is 0.456 e. The van der Waals surface area contributed by atoms with Crippen LogP contribution in [0.15, 0.2) is 41.8 Å². The summed E-state index contributed by atoms with van der Waals surface area (Å²) in [7, 11) is 0. The van der Waals surface area contributed by atoms with Crippen LogP contribution >= 0.6 is 11.3 Å². The Morgan fingerprint density at radius 1 is 1.26 bits per heavy atom. The highest BCUT2D eigenvalue weighted by Gasteiger charge is 2.36. The number of Topliss-reactive ketones (excluding diaryl/α,β-unsaturated/α-hetero) is 1. The van der Waals surface area contributed by atoms with Crippen molar-refractivity contribution >= 4 is 34.7 Å². The van der Waals surface area contributed by atoms with Crippen molar-refractivity contribution in [1.29, 1.82) is 0 Å². The zero-order chi connectivity index (χ0) is 19.4. The molecule has 1 unspecified atom stereocenters. The summed E-state index contributed by atoms with van der Waals surface area (Å²) < 4.78 is 5.09. The van der Waals surface area contributed by atoms with Gasteiger partial charge in [-0.05, 0) is 24.3 Å². The molecule has 0 saturated carbocycles. The fraction of sp³-hybridized carbons (Fsp3) is 0.278. The fourth-order valence-corrected chi connectivity index (χ4v) is 3.58. The average molecular weight is 388 g/mol. The van der Waals surface area contributed by atoms with Gasteiger partial charge in [-0.2, -0.15) is 0 Å². The summed E-state index contributed by atoms with van der Waals surface area (Å²) in [5, 5.41) is 12.6. The third-order valence-electron chi connectivity index (χ3n) is 4.24. The Labute approximate surface area is 158 Å². The predicted molar refractivity (Wildman–Crippen MR) is 96.8 cm³/mol. The van der Waals surface area contributed by atoms with E-state index < -0.39 is 29.3 Å². The van der Waals surface area contributed by atoms with Crippen LogP contribution < -0.4 is 0 Å². The highest BCUT2D eigenvalue weighted by molar-refractivity contribution is 7.12. The smallest absolute Gasteiger partial charge is 0.329 e. The van der Waals surface area contributed by atoms with Gasteiger partial charge < -0.3 is 9.64 Å². The van der Waals surface area contributed by atoms with E-state index in [4.69, 9.17) is 4.74 Å². The molecule has 27 heavy (non-hydrogen) atoms. The number of amides is 1. The van der Waals surface area contributed by atoms with Crippen molar-refractivity contribution < 1.29 is 24.0 Å². The lowest BCUT2D eigenvalue weighted by Gasteiger charge is -2.22. The summed E-state index contributed by atoms with van der Waals surface area (Å²) in [4.78, 5) is 49.2. The van der Waals surface area contributed by atoms with Gasteiger partial charge in [0.25, 0.3) is 11.6 Å². The third kappa shape index (κ3) is 4.20. The third-order valence-corrected chi connectivity index (χ3v) is 5.10. The molecule has 1 atom stereocenters. The van der Waals surface area contributed by atoms with Crippen molar-refractivity contribution in [3.05, 3.63) is 62.3 Å². The number of non-ortho nitro benzene ring substituents is 1. The molecule has 1 aromatic heterocycles. The molecule has 1 aromatic carbocycles. The molecule has 0 bridgehead atoms. The second-order valence-corrected chi connectivity index (χ2v) is 6.92. The number of benzene rings is 1. The molecule has 1 fully saturated rings. The first-order valence-corrected chi connectivity index (χ1v) is 9.14. The average Bonchev–Trinajstić information content (AvgIpc) is 3.37. The van der Waals surface area contributed by atoms with E-state index in [0.29, 0.717) is 24.3 Å². The van der Waals surface area contributed by atoms with Crippen LogP contribution in [0.4, 0.5) is 5.69 Å². The minimum absolute atomic E-state index is 0.0925. The van der Waals surface area contributed by atoms with Crippen LogP contribution in [0.2, 0.25) is 0 Å². The molecule has 8 nitrogen and oxygen atoms in total. The van der Waals surface area contributed by atoms with Crippen LogP contribution in [0.5, 0.6) is 0 Å². The van der Waals surface area contributed by atoms with Crippen LogP contribution in [-0.4, -0.2) is 46.7 Å². The summed E-state index contributed by atoms with van der Waals surface area (Å²) in [5.74, 6) is -1.41. The number of nitro groups is 1. The van der Waals surface area contributed by atoms with Gasteiger partial charge in [-0.25, -0.2) is 4.79 Å². The minimum Gasteiger partial charge on any atom is -0.456 e. The number of hydrogen-bond donors (Lipinski definition) is 0. The van der Waals surface area contributed by atoms with Gasteiger partial charge >= 0.3 is 5.97 Å². The van der Waals surface area contributed by atoms with Crippen LogP contribution in [0, 0.1) is 10.1 Å². The Kier molecular flexibility index (Phi) is 5.60. The standard InChI is InChI=1S/C18H16N2O6S/c21-15(12-4-1-5-13(10-12)20(24)25)11-26-18(23)14-6-2-8-19(14)17(22)16-7-3-9-27-16/h1,3-5,7,9-10,14H,2,6,8,11H2. The topological polar surface area (TPSA) is 107 Å². The van der Waals surface area contributed by atoms with Crippen LogP contribution in [0.1, 0.15) is 32.9 Å². The summed E-state index contributed by atoms with van der Waals surface area (Å²) >= 11 is 1.30. The number of nitro benzene ring substituents is 1. The van der Waals surface area contributed by atoms with Gasteiger partial charge in [-0.15, -0.1) is 11.3 Å². The quantitative estimate of drug-likeness (QED) is 0.326. The van der Waals surface area contributed by atoms with Crippen LogP contribution in [0.25, 0.3) is 0 Å². The van der Waals surface area contributed by atoms with Gasteiger partial charge in [-0.3, -0.25) is 19.7 Å². The highest BCUT2D eigenvalue weighted by Crippen LogP contribution is 2.23. The summed E-state index contributed by atoms with van der Waals surface area (Å²) in [6.07, 6.45) is 1.15. The van der Waals surface area contributed by atoms with E-state index in [9.17, 15) is 24.5 Å². The van der Waals surface area contributed by atoms with E-state index in [1.54, 1.807) is 17.5 Å². The van der Waals surface area contributed by atoms with Crippen molar-refractivity contribution in [2.45, 2.75) is 18.9 Å². The van der Waals surface area contributed by atoms with E-state index in [1.807, 2.05) is 0 Å². The maximum absolute atomic E-state index is 12.5. The second kappa shape index (κ2) is 8.09. The maximum Gasteiger partial charge on any atom is 0.329 e. The lowest BCUT2D eigenvalue weighted by atomic mass is 10.1. The summed E-state index contributed by atoms with van der Waals surface area (Å²) in [5.41, 5.74) is -0.120. The molecular weight excluding hydrogens is 372 g/mol. The zero-order valence-corrected chi connectivity index (χ0v) is 15.0. The molecule has 1 amide bonds. The van der Waals surface area contributed by atoms with Gasteiger partial charge in [0, 0.05) is 24.2 Å². The van der Waals surface area contributed by atoms with E-state index in [0.717, 1.165) is 6.07 Å². The molecule has 0 spiro atoms. The molecule has 140 valence electrons. The molecule has 3 rings (SSSR count). The van der Waals surface area contributed by atoms with Gasteiger partial charge in [0.1, 0.15) is 6.04 Å². The molecule has 1 aliphatic rings. The van der Waals surface area contributed by atoms with Gasteiger partial charge in [0.15, 0.2) is 6.61 Å². The first kappa shape index (κ1) is 18.7. The molecule has 1 aliphatic heterocycles. The first-order valence-electron chi connectivity index (χ1n) is 8.26. The van der Waals surface area contributed by atoms with Crippen molar-refractivity contribution in [2.75, 3.05) is 13.2 Å². The number of thiophene rings is 1.